The molecule has 7 heteroatoms. The fraction of sp³-hybridized carbons (Fsp3) is 0.217. The van der Waals surface area contributed by atoms with Gasteiger partial charge in [-0.05, 0) is 57.4 Å². The Morgan fingerprint density at radius 3 is 2.50 bits per heavy atom. The summed E-state index contributed by atoms with van der Waals surface area (Å²) >= 11 is 9.52. The minimum Gasteiger partial charge on any atom is -0.483 e. The number of rotatable bonds is 7. The van der Waals surface area contributed by atoms with Crippen molar-refractivity contribution in [3.8, 4) is 5.75 Å². The van der Waals surface area contributed by atoms with E-state index >= 15 is 0 Å². The minimum absolute atomic E-state index is 0.189. The van der Waals surface area contributed by atoms with Gasteiger partial charge in [0.2, 0.25) is 5.91 Å². The summed E-state index contributed by atoms with van der Waals surface area (Å²) in [5.74, 6) is 0.0337. The molecule has 3 rings (SSSR count). The summed E-state index contributed by atoms with van der Waals surface area (Å²) in [4.78, 5) is 26.7. The molecule has 0 heterocycles. The Balaban J connectivity index is 1.78. The number of carbonyl (C=O) groups is 2. The lowest BCUT2D eigenvalue weighted by Gasteiger charge is -2.28. The highest BCUT2D eigenvalue weighted by atomic mass is 79.9. The maximum Gasteiger partial charge on any atom is 0.261 e. The molecule has 3 aromatic carbocycles. The number of benzene rings is 3. The van der Waals surface area contributed by atoms with Gasteiger partial charge >= 0.3 is 0 Å². The second kappa shape index (κ2) is 9.96. The van der Waals surface area contributed by atoms with E-state index in [0.717, 1.165) is 20.8 Å². The lowest BCUT2D eigenvalue weighted by molar-refractivity contribution is -0.142. The van der Waals surface area contributed by atoms with Gasteiger partial charge in [-0.1, -0.05) is 54.1 Å². The standard InChI is InChI=1S/C23H22BrClN2O3/c1-15(23(29)26-2)27(13-16-7-10-18(25)11-8-16)21(28)14-30-20-12-9-17-5-3-4-6-19(17)22(20)24/h3-12,15H,13-14H2,1-2H3,(H,26,29). The van der Waals surface area contributed by atoms with Crippen molar-refractivity contribution in [1.29, 1.82) is 0 Å². The van der Waals surface area contributed by atoms with Gasteiger partial charge in [0.25, 0.3) is 5.91 Å². The molecule has 5 nitrogen and oxygen atoms in total. The Morgan fingerprint density at radius 2 is 1.80 bits per heavy atom. The van der Waals surface area contributed by atoms with E-state index in [1.807, 2.05) is 48.5 Å². The first-order valence-electron chi connectivity index (χ1n) is 9.46. The van der Waals surface area contributed by atoms with Crippen molar-refractivity contribution in [2.24, 2.45) is 0 Å². The molecule has 0 aliphatic rings. The number of ether oxygens (including phenoxy) is 1. The molecule has 156 valence electrons. The maximum atomic E-state index is 13.0. The molecule has 30 heavy (non-hydrogen) atoms. The zero-order valence-electron chi connectivity index (χ0n) is 16.7. The van der Waals surface area contributed by atoms with Crippen LogP contribution in [-0.4, -0.2) is 36.4 Å². The van der Waals surface area contributed by atoms with Crippen LogP contribution < -0.4 is 10.1 Å². The van der Waals surface area contributed by atoms with Crippen LogP contribution in [0, 0.1) is 0 Å². The zero-order valence-corrected chi connectivity index (χ0v) is 19.0. The quantitative estimate of drug-likeness (QED) is 0.519. The Labute approximate surface area is 189 Å². The van der Waals surface area contributed by atoms with Crippen molar-refractivity contribution < 1.29 is 14.3 Å². The van der Waals surface area contributed by atoms with Gasteiger partial charge in [-0.3, -0.25) is 9.59 Å². The molecule has 0 radical (unpaired) electrons. The van der Waals surface area contributed by atoms with Gasteiger partial charge in [0, 0.05) is 18.6 Å². The Hall–Kier alpha value is -2.57. The molecule has 0 saturated carbocycles. The van der Waals surface area contributed by atoms with E-state index in [0.29, 0.717) is 10.8 Å². The Kier molecular flexibility index (Phi) is 7.34. The SMILES string of the molecule is CNC(=O)C(C)N(Cc1ccc(Cl)cc1)C(=O)COc1ccc2ccccc2c1Br. The molecule has 3 aromatic rings. The molecule has 0 aromatic heterocycles. The van der Waals surface area contributed by atoms with Crippen molar-refractivity contribution in [3.63, 3.8) is 0 Å². The molecular formula is C23H22BrClN2O3. The van der Waals surface area contributed by atoms with E-state index in [1.165, 1.54) is 4.90 Å². The predicted octanol–water partition coefficient (Wildman–Crippen LogP) is 4.80. The Morgan fingerprint density at radius 1 is 1.10 bits per heavy atom. The number of nitrogens with one attached hydrogen (secondary N) is 1. The normalized spacial score (nSPS) is 11.7. The van der Waals surface area contributed by atoms with Gasteiger partial charge in [0.15, 0.2) is 6.61 Å². The van der Waals surface area contributed by atoms with E-state index in [1.54, 1.807) is 26.1 Å². The lowest BCUT2D eigenvalue weighted by Crippen LogP contribution is -2.48. The fourth-order valence-electron chi connectivity index (χ4n) is 3.13. The van der Waals surface area contributed by atoms with Crippen molar-refractivity contribution in [3.05, 3.63) is 75.7 Å². The van der Waals surface area contributed by atoms with E-state index in [9.17, 15) is 9.59 Å². The highest BCUT2D eigenvalue weighted by Crippen LogP contribution is 2.33. The van der Waals surface area contributed by atoms with Crippen LogP contribution in [0.25, 0.3) is 10.8 Å². The van der Waals surface area contributed by atoms with Crippen LogP contribution in [0.2, 0.25) is 5.02 Å². The number of halogens is 2. The van der Waals surface area contributed by atoms with Crippen LogP contribution >= 0.6 is 27.5 Å². The van der Waals surface area contributed by atoms with E-state index < -0.39 is 6.04 Å². The first-order chi connectivity index (χ1) is 14.4. The van der Waals surface area contributed by atoms with E-state index in [-0.39, 0.29) is 25.0 Å². The fourth-order valence-corrected chi connectivity index (χ4v) is 3.86. The van der Waals surface area contributed by atoms with E-state index in [4.69, 9.17) is 16.3 Å². The maximum absolute atomic E-state index is 13.0. The first-order valence-corrected chi connectivity index (χ1v) is 10.6. The summed E-state index contributed by atoms with van der Waals surface area (Å²) in [6, 6.07) is 18.2. The summed E-state index contributed by atoms with van der Waals surface area (Å²) in [6.45, 7) is 1.78. The van der Waals surface area contributed by atoms with Gasteiger partial charge in [0.05, 0.1) is 4.47 Å². The third kappa shape index (κ3) is 5.12. The van der Waals surface area contributed by atoms with Gasteiger partial charge in [0.1, 0.15) is 11.8 Å². The van der Waals surface area contributed by atoms with Crippen molar-refractivity contribution in [1.82, 2.24) is 10.2 Å². The summed E-state index contributed by atoms with van der Waals surface area (Å²) in [6.07, 6.45) is 0. The monoisotopic (exact) mass is 488 g/mol. The molecule has 1 atom stereocenters. The zero-order chi connectivity index (χ0) is 21.7. The molecular weight excluding hydrogens is 468 g/mol. The topological polar surface area (TPSA) is 58.6 Å². The molecule has 0 spiro atoms. The largest absolute Gasteiger partial charge is 0.483 e. The smallest absolute Gasteiger partial charge is 0.261 e. The summed E-state index contributed by atoms with van der Waals surface area (Å²) < 4.78 is 6.61. The molecule has 2 amide bonds. The molecule has 0 fully saturated rings. The van der Waals surface area contributed by atoms with Crippen molar-refractivity contribution in [2.75, 3.05) is 13.7 Å². The number of hydrogen-bond acceptors (Lipinski definition) is 3. The number of amides is 2. The first kappa shape index (κ1) is 22.1. The van der Waals surface area contributed by atoms with Gasteiger partial charge < -0.3 is 15.0 Å². The van der Waals surface area contributed by atoms with Crippen LogP contribution in [0.15, 0.2) is 65.1 Å². The molecule has 0 aliphatic heterocycles. The lowest BCUT2D eigenvalue weighted by atomic mass is 10.1. The van der Waals surface area contributed by atoms with Crippen LogP contribution in [0.4, 0.5) is 0 Å². The van der Waals surface area contributed by atoms with Crippen molar-refractivity contribution in [2.45, 2.75) is 19.5 Å². The number of fused-ring (bicyclic) bond motifs is 1. The third-order valence-corrected chi connectivity index (χ3v) is 5.93. The molecule has 1 unspecified atom stereocenters. The van der Waals surface area contributed by atoms with Gasteiger partial charge in [-0.15, -0.1) is 0 Å². The summed E-state index contributed by atoms with van der Waals surface area (Å²) in [5.41, 5.74) is 0.871. The molecule has 1 N–H and O–H groups in total. The highest BCUT2D eigenvalue weighted by molar-refractivity contribution is 9.10. The number of likely N-dealkylation sites (N-methyl/N-ethyl adjacent to an activating group) is 1. The molecule has 0 saturated heterocycles. The second-order valence-electron chi connectivity index (χ2n) is 6.83. The summed E-state index contributed by atoms with van der Waals surface area (Å²) in [7, 11) is 1.55. The third-order valence-electron chi connectivity index (χ3n) is 4.86. The number of nitrogens with zero attached hydrogens (tertiary/aromatic N) is 1. The highest BCUT2D eigenvalue weighted by Gasteiger charge is 2.26. The number of carbonyl (C=O) groups excluding carboxylic acids is 2. The molecule has 0 aliphatic carbocycles. The van der Waals surface area contributed by atoms with E-state index in [2.05, 4.69) is 21.2 Å². The summed E-state index contributed by atoms with van der Waals surface area (Å²) in [5, 5.41) is 5.28. The van der Waals surface area contributed by atoms with Crippen LogP contribution in [0.1, 0.15) is 12.5 Å². The molecule has 0 bridgehead atoms. The van der Waals surface area contributed by atoms with Crippen LogP contribution in [0.3, 0.4) is 0 Å². The number of hydrogen-bond donors (Lipinski definition) is 1. The van der Waals surface area contributed by atoms with Gasteiger partial charge in [-0.2, -0.15) is 0 Å². The van der Waals surface area contributed by atoms with Gasteiger partial charge in [-0.25, -0.2) is 0 Å². The second-order valence-corrected chi connectivity index (χ2v) is 8.06. The minimum atomic E-state index is -0.651. The predicted molar refractivity (Wildman–Crippen MR) is 123 cm³/mol. The van der Waals surface area contributed by atoms with Crippen molar-refractivity contribution >= 4 is 50.1 Å². The average molecular weight is 490 g/mol. The van der Waals surface area contributed by atoms with Crippen LogP contribution in [0.5, 0.6) is 5.75 Å². The average Bonchev–Trinajstić information content (AvgIpc) is 2.77. The Bertz CT molecular complexity index is 1060. The van der Waals surface area contributed by atoms with Crippen LogP contribution in [-0.2, 0) is 16.1 Å².